The van der Waals surface area contributed by atoms with Crippen molar-refractivity contribution in [3.8, 4) is 0 Å². The molecule has 1 fully saturated rings. The minimum absolute atomic E-state index is 0.138. The standard InChI is InChI=1S/C17H27NO3/c1-8-20-15(19)12-11(9-10(2)3)18-14(21-12)13-16(4,5)17(13,6)7/h10,13H,8-9H2,1-7H3. The van der Waals surface area contributed by atoms with Crippen molar-refractivity contribution >= 4 is 5.97 Å². The van der Waals surface area contributed by atoms with E-state index < -0.39 is 5.97 Å². The number of carbonyl (C=O) groups is 1. The summed E-state index contributed by atoms with van der Waals surface area (Å²) >= 11 is 0. The van der Waals surface area contributed by atoms with E-state index in [9.17, 15) is 4.79 Å². The minimum atomic E-state index is -0.400. The van der Waals surface area contributed by atoms with E-state index in [-0.39, 0.29) is 16.7 Å². The Balaban J connectivity index is 2.35. The predicted molar refractivity (Wildman–Crippen MR) is 81.3 cm³/mol. The minimum Gasteiger partial charge on any atom is -0.460 e. The van der Waals surface area contributed by atoms with E-state index in [1.165, 1.54) is 0 Å². The molecule has 0 aromatic carbocycles. The quantitative estimate of drug-likeness (QED) is 0.763. The fourth-order valence-electron chi connectivity index (χ4n) is 3.19. The number of nitrogens with zero attached hydrogens (tertiary/aromatic N) is 1. The molecule has 0 bridgehead atoms. The fourth-order valence-corrected chi connectivity index (χ4v) is 3.19. The zero-order valence-corrected chi connectivity index (χ0v) is 14.2. The van der Waals surface area contributed by atoms with Crippen molar-refractivity contribution in [1.29, 1.82) is 0 Å². The summed E-state index contributed by atoms with van der Waals surface area (Å²) in [5.74, 6) is 1.24. The van der Waals surface area contributed by atoms with Crippen molar-refractivity contribution in [2.75, 3.05) is 6.61 Å². The summed E-state index contributed by atoms with van der Waals surface area (Å²) in [4.78, 5) is 16.7. The van der Waals surface area contributed by atoms with Gasteiger partial charge in [-0.2, -0.15) is 0 Å². The van der Waals surface area contributed by atoms with Crippen molar-refractivity contribution in [1.82, 2.24) is 4.98 Å². The molecule has 0 atom stereocenters. The molecule has 0 aliphatic heterocycles. The van der Waals surface area contributed by atoms with Crippen LogP contribution in [0.4, 0.5) is 0 Å². The molecular weight excluding hydrogens is 266 g/mol. The molecule has 2 rings (SSSR count). The van der Waals surface area contributed by atoms with Gasteiger partial charge < -0.3 is 9.15 Å². The number of ether oxygens (including phenoxy) is 1. The van der Waals surface area contributed by atoms with Gasteiger partial charge in [-0.3, -0.25) is 0 Å². The first-order valence-electron chi connectivity index (χ1n) is 7.79. The highest BCUT2D eigenvalue weighted by Gasteiger charge is 2.67. The van der Waals surface area contributed by atoms with Gasteiger partial charge in [0.15, 0.2) is 5.89 Å². The monoisotopic (exact) mass is 293 g/mol. The van der Waals surface area contributed by atoms with Crippen molar-refractivity contribution in [2.24, 2.45) is 16.7 Å². The van der Waals surface area contributed by atoms with Crippen LogP contribution in [0.5, 0.6) is 0 Å². The zero-order valence-electron chi connectivity index (χ0n) is 14.2. The van der Waals surface area contributed by atoms with Gasteiger partial charge in [0.05, 0.1) is 12.3 Å². The van der Waals surface area contributed by atoms with Crippen molar-refractivity contribution in [2.45, 2.75) is 60.8 Å². The lowest BCUT2D eigenvalue weighted by atomic mass is 10.0. The Hall–Kier alpha value is -1.32. The van der Waals surface area contributed by atoms with Gasteiger partial charge in [0, 0.05) is 5.92 Å². The largest absolute Gasteiger partial charge is 0.460 e. The normalized spacial score (nSPS) is 19.8. The maximum atomic E-state index is 12.1. The molecule has 0 N–H and O–H groups in total. The first kappa shape index (κ1) is 16.1. The Labute approximate surface area is 127 Å². The van der Waals surface area contributed by atoms with E-state index in [0.29, 0.717) is 24.2 Å². The van der Waals surface area contributed by atoms with Gasteiger partial charge in [-0.15, -0.1) is 0 Å². The number of carbonyl (C=O) groups excluding carboxylic acids is 1. The molecule has 4 nitrogen and oxygen atoms in total. The summed E-state index contributed by atoms with van der Waals surface area (Å²) in [5, 5.41) is 0. The Bertz CT molecular complexity index is 526. The highest BCUT2D eigenvalue weighted by atomic mass is 16.5. The second-order valence-corrected chi connectivity index (χ2v) is 7.52. The number of esters is 1. The smallest absolute Gasteiger partial charge is 0.376 e. The second-order valence-electron chi connectivity index (χ2n) is 7.52. The molecule has 0 unspecified atom stereocenters. The Morgan fingerprint density at radius 3 is 2.29 bits per heavy atom. The average Bonchev–Trinajstić information content (AvgIpc) is 2.64. The van der Waals surface area contributed by atoms with Gasteiger partial charge in [0.25, 0.3) is 0 Å². The number of oxazole rings is 1. The SMILES string of the molecule is CCOC(=O)c1oc(C2C(C)(C)C2(C)C)nc1CC(C)C. The number of rotatable bonds is 5. The maximum Gasteiger partial charge on any atom is 0.376 e. The summed E-state index contributed by atoms with van der Waals surface area (Å²) in [7, 11) is 0. The second kappa shape index (κ2) is 5.15. The number of hydrogen-bond donors (Lipinski definition) is 0. The number of hydrogen-bond acceptors (Lipinski definition) is 4. The molecule has 1 aromatic heterocycles. The molecule has 0 radical (unpaired) electrons. The fraction of sp³-hybridized carbons (Fsp3) is 0.765. The van der Waals surface area contributed by atoms with E-state index in [1.54, 1.807) is 6.92 Å². The Morgan fingerprint density at radius 1 is 1.29 bits per heavy atom. The molecule has 0 spiro atoms. The first-order valence-corrected chi connectivity index (χ1v) is 7.79. The molecule has 4 heteroatoms. The van der Waals surface area contributed by atoms with Crippen molar-refractivity contribution < 1.29 is 13.9 Å². The molecular formula is C17H27NO3. The van der Waals surface area contributed by atoms with Crippen LogP contribution >= 0.6 is 0 Å². The topological polar surface area (TPSA) is 52.3 Å². The molecule has 1 heterocycles. The summed E-state index contributed by atoms with van der Waals surface area (Å²) in [6.45, 7) is 15.2. The van der Waals surface area contributed by atoms with Gasteiger partial charge in [-0.25, -0.2) is 9.78 Å². The zero-order chi connectivity index (χ0) is 16.0. The van der Waals surface area contributed by atoms with Gasteiger partial charge in [0.2, 0.25) is 5.76 Å². The molecule has 1 aliphatic rings. The third-order valence-corrected chi connectivity index (χ3v) is 5.04. The number of aromatic nitrogens is 1. The van der Waals surface area contributed by atoms with Crippen molar-refractivity contribution in [3.63, 3.8) is 0 Å². The Kier molecular flexibility index (Phi) is 3.94. The van der Waals surface area contributed by atoms with Gasteiger partial charge in [-0.05, 0) is 30.1 Å². The van der Waals surface area contributed by atoms with Crippen LogP contribution in [0.3, 0.4) is 0 Å². The van der Waals surface area contributed by atoms with Crippen LogP contribution in [0.15, 0.2) is 4.42 Å². The van der Waals surface area contributed by atoms with Crippen molar-refractivity contribution in [3.05, 3.63) is 17.3 Å². The first-order chi connectivity index (χ1) is 9.62. The van der Waals surface area contributed by atoms with E-state index in [0.717, 1.165) is 12.1 Å². The van der Waals surface area contributed by atoms with Crippen LogP contribution in [0.1, 0.15) is 76.5 Å². The molecule has 0 saturated heterocycles. The van der Waals surface area contributed by atoms with E-state index >= 15 is 0 Å². The highest BCUT2D eigenvalue weighted by Crippen LogP contribution is 2.73. The molecule has 1 aliphatic carbocycles. The van der Waals surface area contributed by atoms with Crippen LogP contribution in [-0.2, 0) is 11.2 Å². The Morgan fingerprint density at radius 2 is 1.86 bits per heavy atom. The molecule has 21 heavy (non-hydrogen) atoms. The predicted octanol–water partition coefficient (Wildman–Crippen LogP) is 4.20. The third-order valence-electron chi connectivity index (χ3n) is 5.04. The highest BCUT2D eigenvalue weighted by molar-refractivity contribution is 5.87. The van der Waals surface area contributed by atoms with Crippen LogP contribution in [0.2, 0.25) is 0 Å². The summed E-state index contributed by atoms with van der Waals surface area (Å²) < 4.78 is 10.9. The third kappa shape index (κ3) is 2.60. The summed E-state index contributed by atoms with van der Waals surface area (Å²) in [6, 6.07) is 0. The molecule has 1 aromatic rings. The van der Waals surface area contributed by atoms with E-state index in [4.69, 9.17) is 9.15 Å². The van der Waals surface area contributed by atoms with Crippen LogP contribution in [0, 0.1) is 16.7 Å². The van der Waals surface area contributed by atoms with Crippen LogP contribution in [0.25, 0.3) is 0 Å². The van der Waals surface area contributed by atoms with E-state index in [1.807, 2.05) is 0 Å². The van der Waals surface area contributed by atoms with E-state index in [2.05, 4.69) is 46.5 Å². The average molecular weight is 293 g/mol. The molecule has 1 saturated carbocycles. The van der Waals surface area contributed by atoms with Crippen LogP contribution in [-0.4, -0.2) is 17.6 Å². The summed E-state index contributed by atoms with van der Waals surface area (Å²) in [5.41, 5.74) is 1.01. The molecule has 0 amide bonds. The lowest BCUT2D eigenvalue weighted by Crippen LogP contribution is -2.08. The van der Waals surface area contributed by atoms with Gasteiger partial charge >= 0.3 is 5.97 Å². The van der Waals surface area contributed by atoms with Gasteiger partial charge in [0.1, 0.15) is 0 Å². The summed E-state index contributed by atoms with van der Waals surface area (Å²) in [6.07, 6.45) is 0.727. The lowest BCUT2D eigenvalue weighted by Gasteiger charge is -2.03. The van der Waals surface area contributed by atoms with Crippen LogP contribution < -0.4 is 0 Å². The van der Waals surface area contributed by atoms with Gasteiger partial charge in [-0.1, -0.05) is 41.5 Å². The molecule has 118 valence electrons. The maximum absolute atomic E-state index is 12.1. The lowest BCUT2D eigenvalue weighted by molar-refractivity contribution is 0.0485.